The molecule has 0 amide bonds. The molecule has 0 bridgehead atoms. The average molecular weight is 416 g/mol. The molecule has 0 aliphatic rings. The van der Waals surface area contributed by atoms with Crippen LogP contribution in [0.25, 0.3) is 5.52 Å². The zero-order valence-corrected chi connectivity index (χ0v) is 16.4. The van der Waals surface area contributed by atoms with E-state index >= 15 is 8.78 Å². The first-order chi connectivity index (χ1) is 14.0. The predicted molar refractivity (Wildman–Crippen MR) is 104 cm³/mol. The van der Waals surface area contributed by atoms with E-state index in [0.717, 1.165) is 30.0 Å². The zero-order chi connectivity index (χ0) is 21.7. The van der Waals surface area contributed by atoms with Crippen LogP contribution in [0.5, 0.6) is 0 Å². The SMILES string of the molecule is Cc1cc(Nc2nc(C(F)(F)c3ccc(F)cc3)nn3cc(C(C)(C)O)cc23)n[nH]1. The van der Waals surface area contributed by atoms with Gasteiger partial charge in [-0.1, -0.05) is 0 Å². The summed E-state index contributed by atoms with van der Waals surface area (Å²) in [6.45, 7) is 4.95. The molecule has 10 heteroatoms. The van der Waals surface area contributed by atoms with E-state index in [9.17, 15) is 9.50 Å². The molecular weight excluding hydrogens is 397 g/mol. The Bertz CT molecular complexity index is 1210. The molecule has 0 atom stereocenters. The molecule has 4 aromatic rings. The number of aryl methyl sites for hydroxylation is 1. The van der Waals surface area contributed by atoms with Crippen molar-refractivity contribution in [2.45, 2.75) is 32.3 Å². The summed E-state index contributed by atoms with van der Waals surface area (Å²) >= 11 is 0. The molecule has 156 valence electrons. The molecule has 0 fully saturated rings. The Morgan fingerprint density at radius 1 is 1.10 bits per heavy atom. The fourth-order valence-electron chi connectivity index (χ4n) is 2.95. The molecule has 3 aromatic heterocycles. The second kappa shape index (κ2) is 6.84. The summed E-state index contributed by atoms with van der Waals surface area (Å²) in [5.74, 6) is -4.52. The van der Waals surface area contributed by atoms with Gasteiger partial charge >= 0.3 is 5.92 Å². The van der Waals surface area contributed by atoms with Crippen molar-refractivity contribution in [1.82, 2.24) is 24.8 Å². The first-order valence-electron chi connectivity index (χ1n) is 9.11. The van der Waals surface area contributed by atoms with Crippen LogP contribution in [0, 0.1) is 12.7 Å². The van der Waals surface area contributed by atoms with E-state index in [1.54, 1.807) is 32.9 Å². The number of aliphatic hydroxyl groups is 1. The summed E-state index contributed by atoms with van der Waals surface area (Å²) in [7, 11) is 0. The van der Waals surface area contributed by atoms with Crippen molar-refractivity contribution in [1.29, 1.82) is 0 Å². The lowest BCUT2D eigenvalue weighted by Gasteiger charge is -2.16. The topological polar surface area (TPSA) is 91.1 Å². The summed E-state index contributed by atoms with van der Waals surface area (Å²) in [6.07, 6.45) is 1.46. The van der Waals surface area contributed by atoms with E-state index in [2.05, 4.69) is 25.6 Å². The van der Waals surface area contributed by atoms with Crippen LogP contribution in [-0.2, 0) is 11.5 Å². The van der Waals surface area contributed by atoms with Gasteiger partial charge in [-0.2, -0.15) is 13.9 Å². The minimum atomic E-state index is -3.58. The molecule has 7 nitrogen and oxygen atoms in total. The molecule has 3 heterocycles. The maximum atomic E-state index is 15.2. The van der Waals surface area contributed by atoms with Crippen molar-refractivity contribution in [3.8, 4) is 0 Å². The Morgan fingerprint density at radius 3 is 2.40 bits per heavy atom. The van der Waals surface area contributed by atoms with E-state index < -0.39 is 28.7 Å². The summed E-state index contributed by atoms with van der Waals surface area (Å²) < 4.78 is 44.7. The summed E-state index contributed by atoms with van der Waals surface area (Å²) in [4.78, 5) is 4.05. The smallest absolute Gasteiger partial charge is 0.333 e. The van der Waals surface area contributed by atoms with E-state index in [-0.39, 0.29) is 5.82 Å². The number of rotatable bonds is 5. The van der Waals surface area contributed by atoms with Gasteiger partial charge in [0.15, 0.2) is 11.6 Å². The third kappa shape index (κ3) is 3.61. The van der Waals surface area contributed by atoms with Gasteiger partial charge in [0.05, 0.1) is 5.60 Å². The lowest BCUT2D eigenvalue weighted by atomic mass is 10.0. The number of aromatic nitrogens is 5. The van der Waals surface area contributed by atoms with Crippen LogP contribution in [0.15, 0.2) is 42.6 Å². The molecule has 0 unspecified atom stereocenters. The Labute approximate surface area is 169 Å². The standard InChI is InChI=1S/C20H19F3N6O/c1-11-8-16(27-26-11)24-17-15-9-13(19(2,3)30)10-29(15)28-18(25-17)20(22,23)12-4-6-14(21)7-5-12/h4-10,30H,1-3H3,(H2,24,25,26,27,28). The molecule has 0 saturated carbocycles. The van der Waals surface area contributed by atoms with Crippen molar-refractivity contribution in [2.75, 3.05) is 5.32 Å². The highest BCUT2D eigenvalue weighted by atomic mass is 19.3. The van der Waals surface area contributed by atoms with Crippen LogP contribution >= 0.6 is 0 Å². The predicted octanol–water partition coefficient (Wildman–Crippen LogP) is 4.01. The van der Waals surface area contributed by atoms with E-state index in [1.165, 1.54) is 10.7 Å². The Morgan fingerprint density at radius 2 is 1.80 bits per heavy atom. The van der Waals surface area contributed by atoms with Crippen molar-refractivity contribution < 1.29 is 18.3 Å². The third-order valence-corrected chi connectivity index (χ3v) is 4.61. The minimum absolute atomic E-state index is 0.0868. The number of H-pyrrole nitrogens is 1. The van der Waals surface area contributed by atoms with E-state index in [1.807, 2.05) is 0 Å². The van der Waals surface area contributed by atoms with Crippen molar-refractivity contribution >= 4 is 17.2 Å². The average Bonchev–Trinajstić information content (AvgIpc) is 3.28. The van der Waals surface area contributed by atoms with E-state index in [4.69, 9.17) is 0 Å². The van der Waals surface area contributed by atoms with E-state index in [0.29, 0.717) is 16.9 Å². The first kappa shape index (κ1) is 19.9. The minimum Gasteiger partial charge on any atom is -0.386 e. The molecule has 3 N–H and O–H groups in total. The maximum Gasteiger partial charge on any atom is 0.333 e. The molecular formula is C20H19F3N6O. The molecule has 0 aliphatic carbocycles. The van der Waals surface area contributed by atoms with Gasteiger partial charge in [0.1, 0.15) is 11.3 Å². The lowest BCUT2D eigenvalue weighted by molar-refractivity contribution is 0.0315. The first-order valence-corrected chi connectivity index (χ1v) is 9.11. The van der Waals surface area contributed by atoms with Gasteiger partial charge in [0.25, 0.3) is 0 Å². The Balaban J connectivity index is 1.88. The Hall–Kier alpha value is -3.40. The number of anilines is 2. The van der Waals surface area contributed by atoms with Gasteiger partial charge in [-0.25, -0.2) is 13.9 Å². The van der Waals surface area contributed by atoms with Gasteiger partial charge in [-0.15, -0.1) is 5.10 Å². The van der Waals surface area contributed by atoms with Gasteiger partial charge in [0, 0.05) is 29.1 Å². The molecule has 0 aliphatic heterocycles. The summed E-state index contributed by atoms with van der Waals surface area (Å²) in [6, 6.07) is 7.19. The van der Waals surface area contributed by atoms with Gasteiger partial charge in [-0.05, 0) is 51.1 Å². The number of alkyl halides is 2. The summed E-state index contributed by atoms with van der Waals surface area (Å²) in [5.41, 5.74) is -0.0357. The Kier molecular flexibility index (Phi) is 4.53. The van der Waals surface area contributed by atoms with Gasteiger partial charge in [0.2, 0.25) is 5.82 Å². The maximum absolute atomic E-state index is 15.2. The lowest BCUT2D eigenvalue weighted by Crippen LogP contribution is -2.21. The molecule has 4 rings (SSSR count). The molecule has 0 radical (unpaired) electrons. The summed E-state index contributed by atoms with van der Waals surface area (Å²) in [5, 5.41) is 24.0. The molecule has 0 saturated heterocycles. The highest BCUT2D eigenvalue weighted by Crippen LogP contribution is 2.35. The largest absolute Gasteiger partial charge is 0.386 e. The number of nitrogens with one attached hydrogen (secondary N) is 2. The van der Waals surface area contributed by atoms with Crippen LogP contribution in [0.1, 0.15) is 36.5 Å². The fraction of sp³-hybridized carbons (Fsp3) is 0.250. The second-order valence-electron chi connectivity index (χ2n) is 7.54. The quantitative estimate of drug-likeness (QED) is 0.457. The highest BCUT2D eigenvalue weighted by molar-refractivity contribution is 5.73. The highest BCUT2D eigenvalue weighted by Gasteiger charge is 2.39. The van der Waals surface area contributed by atoms with Gasteiger partial charge < -0.3 is 10.4 Å². The van der Waals surface area contributed by atoms with Crippen LogP contribution in [0.2, 0.25) is 0 Å². The van der Waals surface area contributed by atoms with Crippen LogP contribution < -0.4 is 5.32 Å². The number of nitrogens with zero attached hydrogens (tertiary/aromatic N) is 4. The number of hydrogen-bond acceptors (Lipinski definition) is 5. The van der Waals surface area contributed by atoms with Crippen molar-refractivity contribution in [2.24, 2.45) is 0 Å². The van der Waals surface area contributed by atoms with Crippen LogP contribution in [0.4, 0.5) is 24.8 Å². The number of hydrogen-bond donors (Lipinski definition) is 3. The van der Waals surface area contributed by atoms with Crippen LogP contribution in [0.3, 0.4) is 0 Å². The monoisotopic (exact) mass is 416 g/mol. The third-order valence-electron chi connectivity index (χ3n) is 4.61. The van der Waals surface area contributed by atoms with Crippen molar-refractivity contribution in [3.05, 3.63) is 71.1 Å². The number of fused-ring (bicyclic) bond motifs is 1. The van der Waals surface area contributed by atoms with Crippen molar-refractivity contribution in [3.63, 3.8) is 0 Å². The van der Waals surface area contributed by atoms with Gasteiger partial charge in [-0.3, -0.25) is 5.10 Å². The number of aromatic amines is 1. The fourth-order valence-corrected chi connectivity index (χ4v) is 2.95. The second-order valence-corrected chi connectivity index (χ2v) is 7.54. The zero-order valence-electron chi connectivity index (χ0n) is 16.4. The molecule has 1 aromatic carbocycles. The normalized spacial score (nSPS) is 12.5. The number of halogens is 3. The molecule has 30 heavy (non-hydrogen) atoms. The van der Waals surface area contributed by atoms with Crippen LogP contribution in [-0.4, -0.2) is 29.9 Å². The number of benzene rings is 1. The molecule has 0 spiro atoms.